The van der Waals surface area contributed by atoms with Gasteiger partial charge in [0.25, 0.3) is 0 Å². The monoisotopic (exact) mass is 337 g/mol. The summed E-state index contributed by atoms with van der Waals surface area (Å²) in [6, 6.07) is 13.8. The van der Waals surface area contributed by atoms with Crippen molar-refractivity contribution in [2.24, 2.45) is 5.41 Å². The number of hydrogen-bond donors (Lipinski definition) is 1. The molecule has 5 nitrogen and oxygen atoms in total. The average Bonchev–Trinajstić information content (AvgIpc) is 2.68. The molecule has 1 aromatic heterocycles. The Morgan fingerprint density at radius 3 is 3.00 bits per heavy atom. The third kappa shape index (κ3) is 3.75. The van der Waals surface area contributed by atoms with Crippen LogP contribution in [-0.2, 0) is 6.42 Å². The van der Waals surface area contributed by atoms with Gasteiger partial charge in [0.15, 0.2) is 0 Å². The maximum atomic E-state index is 10.2. The molecule has 1 saturated heterocycles. The van der Waals surface area contributed by atoms with E-state index >= 15 is 0 Å². The van der Waals surface area contributed by atoms with Gasteiger partial charge in [0.2, 0.25) is 0 Å². The molecule has 2 aromatic rings. The molecule has 0 radical (unpaired) electrons. The summed E-state index contributed by atoms with van der Waals surface area (Å²) in [5.41, 5.74) is 1.49. The van der Waals surface area contributed by atoms with Crippen LogP contribution in [0.5, 0.6) is 5.75 Å². The number of anilines is 1. The molecule has 1 unspecified atom stereocenters. The van der Waals surface area contributed by atoms with Gasteiger partial charge in [-0.3, -0.25) is 0 Å². The highest BCUT2D eigenvalue weighted by molar-refractivity contribution is 5.54. The van der Waals surface area contributed by atoms with E-state index in [2.05, 4.69) is 22.0 Å². The number of rotatable bonds is 5. The lowest BCUT2D eigenvalue weighted by atomic mass is 9.75. The second-order valence-corrected chi connectivity index (χ2v) is 6.70. The molecule has 1 aliphatic heterocycles. The zero-order chi connectivity index (χ0) is 17.7. The maximum Gasteiger partial charge on any atom is 0.146 e. The third-order valence-corrected chi connectivity index (χ3v) is 4.92. The van der Waals surface area contributed by atoms with Crippen LogP contribution in [0.15, 0.2) is 42.6 Å². The molecule has 0 saturated carbocycles. The fourth-order valence-corrected chi connectivity index (χ4v) is 3.67. The minimum absolute atomic E-state index is 0.107. The fourth-order valence-electron chi connectivity index (χ4n) is 3.67. The molecule has 25 heavy (non-hydrogen) atoms. The molecule has 2 heterocycles. The normalized spacial score (nSPS) is 20.1. The summed E-state index contributed by atoms with van der Waals surface area (Å²) in [7, 11) is 1.66. The standard InChI is InChI=1S/C20H23N3O2/c1-25-18-7-2-5-16(11-18)12-20(15-24)8-4-10-23(14-20)19-17(13-21)6-3-9-22-19/h2-3,5-7,9,11,24H,4,8,10,12,14-15H2,1H3. The highest BCUT2D eigenvalue weighted by atomic mass is 16.5. The zero-order valence-electron chi connectivity index (χ0n) is 14.5. The average molecular weight is 337 g/mol. The van der Waals surface area contributed by atoms with Gasteiger partial charge >= 0.3 is 0 Å². The lowest BCUT2D eigenvalue weighted by Gasteiger charge is -2.42. The van der Waals surface area contributed by atoms with Crippen LogP contribution in [0, 0.1) is 16.7 Å². The van der Waals surface area contributed by atoms with E-state index < -0.39 is 0 Å². The van der Waals surface area contributed by atoms with Gasteiger partial charge in [-0.2, -0.15) is 5.26 Å². The van der Waals surface area contributed by atoms with Gasteiger partial charge in [-0.1, -0.05) is 12.1 Å². The van der Waals surface area contributed by atoms with Crippen molar-refractivity contribution in [3.05, 3.63) is 53.7 Å². The fraction of sp³-hybridized carbons (Fsp3) is 0.400. The van der Waals surface area contributed by atoms with E-state index in [0.717, 1.165) is 37.1 Å². The van der Waals surface area contributed by atoms with Gasteiger partial charge in [-0.15, -0.1) is 0 Å². The Hall–Kier alpha value is -2.58. The number of aliphatic hydroxyl groups excluding tert-OH is 1. The number of ether oxygens (including phenoxy) is 1. The van der Waals surface area contributed by atoms with E-state index in [1.807, 2.05) is 18.2 Å². The molecule has 0 amide bonds. The largest absolute Gasteiger partial charge is 0.497 e. The number of methoxy groups -OCH3 is 1. The molecule has 130 valence electrons. The van der Waals surface area contributed by atoms with Crippen molar-refractivity contribution < 1.29 is 9.84 Å². The van der Waals surface area contributed by atoms with E-state index in [1.165, 1.54) is 0 Å². The molecule has 5 heteroatoms. The van der Waals surface area contributed by atoms with Crippen molar-refractivity contribution in [1.29, 1.82) is 5.26 Å². The number of aliphatic hydroxyl groups is 1. The summed E-state index contributed by atoms with van der Waals surface area (Å²) < 4.78 is 5.31. The molecule has 1 fully saturated rings. The Kier molecular flexibility index (Phi) is 5.20. The zero-order valence-corrected chi connectivity index (χ0v) is 14.5. The number of aromatic nitrogens is 1. The van der Waals surface area contributed by atoms with Crippen LogP contribution in [-0.4, -0.2) is 36.9 Å². The summed E-state index contributed by atoms with van der Waals surface area (Å²) in [5.74, 6) is 1.54. The van der Waals surface area contributed by atoms with Gasteiger partial charge < -0.3 is 14.7 Å². The molecular formula is C20H23N3O2. The lowest BCUT2D eigenvalue weighted by molar-refractivity contribution is 0.105. The second kappa shape index (κ2) is 7.54. The minimum Gasteiger partial charge on any atom is -0.497 e. The SMILES string of the molecule is COc1cccc(CC2(CO)CCCN(c3ncccc3C#N)C2)c1. The molecular weight excluding hydrogens is 314 g/mol. The first-order chi connectivity index (χ1) is 12.2. The molecule has 1 aromatic carbocycles. The van der Waals surface area contributed by atoms with Crippen molar-refractivity contribution in [1.82, 2.24) is 4.98 Å². The molecule has 0 aliphatic carbocycles. The first kappa shape index (κ1) is 17.2. The smallest absolute Gasteiger partial charge is 0.146 e. The maximum absolute atomic E-state index is 10.2. The van der Waals surface area contributed by atoms with Crippen molar-refractivity contribution >= 4 is 5.82 Å². The number of nitriles is 1. The molecule has 1 atom stereocenters. The van der Waals surface area contributed by atoms with Gasteiger partial charge in [0.05, 0.1) is 19.3 Å². The Morgan fingerprint density at radius 2 is 2.24 bits per heavy atom. The first-order valence-electron chi connectivity index (χ1n) is 8.53. The summed E-state index contributed by atoms with van der Waals surface area (Å²) in [4.78, 5) is 6.55. The van der Waals surface area contributed by atoms with Crippen LogP contribution in [0.2, 0.25) is 0 Å². The van der Waals surface area contributed by atoms with Crippen LogP contribution in [0.4, 0.5) is 5.82 Å². The molecule has 3 rings (SSSR count). The highest BCUT2D eigenvalue weighted by Crippen LogP contribution is 2.36. The number of benzene rings is 1. The Balaban J connectivity index is 1.85. The van der Waals surface area contributed by atoms with Crippen LogP contribution < -0.4 is 9.64 Å². The summed E-state index contributed by atoms with van der Waals surface area (Å²) in [6.45, 7) is 1.65. The number of pyridine rings is 1. The minimum atomic E-state index is -0.241. The predicted molar refractivity (Wildman–Crippen MR) is 96.6 cm³/mol. The van der Waals surface area contributed by atoms with Crippen LogP contribution in [0.1, 0.15) is 24.0 Å². The van der Waals surface area contributed by atoms with E-state index in [1.54, 1.807) is 25.4 Å². The lowest BCUT2D eigenvalue weighted by Crippen LogP contribution is -2.47. The number of hydrogen-bond acceptors (Lipinski definition) is 5. The van der Waals surface area contributed by atoms with E-state index in [9.17, 15) is 10.4 Å². The van der Waals surface area contributed by atoms with Crippen molar-refractivity contribution in [2.75, 3.05) is 31.7 Å². The third-order valence-electron chi connectivity index (χ3n) is 4.92. The first-order valence-corrected chi connectivity index (χ1v) is 8.53. The van der Waals surface area contributed by atoms with E-state index in [0.29, 0.717) is 17.9 Å². The van der Waals surface area contributed by atoms with Gasteiger partial charge in [0, 0.05) is 24.7 Å². The van der Waals surface area contributed by atoms with Crippen molar-refractivity contribution in [3.63, 3.8) is 0 Å². The second-order valence-electron chi connectivity index (χ2n) is 6.70. The predicted octanol–water partition coefficient (Wildman–Crippen LogP) is 2.78. The highest BCUT2D eigenvalue weighted by Gasteiger charge is 2.36. The Morgan fingerprint density at radius 1 is 1.36 bits per heavy atom. The Labute approximate surface area is 148 Å². The Bertz CT molecular complexity index is 772. The van der Waals surface area contributed by atoms with E-state index in [-0.39, 0.29) is 12.0 Å². The summed E-state index contributed by atoms with van der Waals surface area (Å²) in [6.07, 6.45) is 4.40. The number of piperidine rings is 1. The topological polar surface area (TPSA) is 69.4 Å². The molecule has 1 N–H and O–H groups in total. The van der Waals surface area contributed by atoms with Gasteiger partial charge in [-0.25, -0.2) is 4.98 Å². The van der Waals surface area contributed by atoms with Crippen LogP contribution >= 0.6 is 0 Å². The van der Waals surface area contributed by atoms with Crippen molar-refractivity contribution in [2.45, 2.75) is 19.3 Å². The van der Waals surface area contributed by atoms with E-state index in [4.69, 9.17) is 4.74 Å². The van der Waals surface area contributed by atoms with Crippen molar-refractivity contribution in [3.8, 4) is 11.8 Å². The summed E-state index contributed by atoms with van der Waals surface area (Å²) >= 11 is 0. The molecule has 1 aliphatic rings. The van der Waals surface area contributed by atoms with Gasteiger partial charge in [0.1, 0.15) is 17.6 Å². The molecule has 0 bridgehead atoms. The quantitative estimate of drug-likeness (QED) is 0.908. The van der Waals surface area contributed by atoms with Crippen LogP contribution in [0.3, 0.4) is 0 Å². The van der Waals surface area contributed by atoms with Crippen LogP contribution in [0.25, 0.3) is 0 Å². The molecule has 0 spiro atoms. The number of nitrogens with zero attached hydrogens (tertiary/aromatic N) is 3. The van der Waals surface area contributed by atoms with Gasteiger partial charge in [-0.05, 0) is 49.1 Å². The summed E-state index contributed by atoms with van der Waals surface area (Å²) in [5, 5.41) is 19.5.